The van der Waals surface area contributed by atoms with Crippen LogP contribution in [-0.2, 0) is 7.05 Å². The van der Waals surface area contributed by atoms with Gasteiger partial charge in [-0.05, 0) is 6.92 Å². The topological polar surface area (TPSA) is 113 Å². The molecule has 0 aliphatic rings. The number of aryl methyl sites for hydroxylation is 2. The van der Waals surface area contributed by atoms with Gasteiger partial charge in [0.05, 0.1) is 5.69 Å². The van der Waals surface area contributed by atoms with E-state index in [0.29, 0.717) is 17.3 Å². The molecule has 4 N–H and O–H groups in total. The average molecular weight is 232 g/mol. The summed E-state index contributed by atoms with van der Waals surface area (Å²) >= 11 is 0. The lowest BCUT2D eigenvalue weighted by molar-refractivity contribution is 0.1000. The van der Waals surface area contributed by atoms with E-state index in [1.165, 1.54) is 0 Å². The van der Waals surface area contributed by atoms with Gasteiger partial charge in [-0.25, -0.2) is 15.0 Å². The van der Waals surface area contributed by atoms with E-state index in [2.05, 4.69) is 15.0 Å². The highest BCUT2D eigenvalue weighted by Crippen LogP contribution is 2.18. The van der Waals surface area contributed by atoms with Crippen LogP contribution in [0.15, 0.2) is 12.4 Å². The number of aromatic nitrogens is 4. The highest BCUT2D eigenvalue weighted by Gasteiger charge is 2.16. The molecule has 2 aromatic heterocycles. The second kappa shape index (κ2) is 3.85. The molecule has 0 atom stereocenters. The van der Waals surface area contributed by atoms with Gasteiger partial charge in [-0.3, -0.25) is 4.79 Å². The minimum atomic E-state index is -0.633. The van der Waals surface area contributed by atoms with Gasteiger partial charge in [-0.1, -0.05) is 0 Å². The lowest BCUT2D eigenvalue weighted by Crippen LogP contribution is -2.18. The van der Waals surface area contributed by atoms with Crippen LogP contribution in [0.2, 0.25) is 0 Å². The van der Waals surface area contributed by atoms with Gasteiger partial charge in [-0.2, -0.15) is 0 Å². The molecule has 0 saturated carbocycles. The van der Waals surface area contributed by atoms with Crippen LogP contribution < -0.4 is 11.5 Å². The minimum Gasteiger partial charge on any atom is -0.383 e. The van der Waals surface area contributed by atoms with E-state index in [9.17, 15) is 4.79 Å². The largest absolute Gasteiger partial charge is 0.383 e. The number of nitrogen functional groups attached to an aromatic ring is 1. The Morgan fingerprint density at radius 1 is 1.41 bits per heavy atom. The number of nitrogens with two attached hydrogens (primary N) is 2. The Morgan fingerprint density at radius 3 is 2.59 bits per heavy atom. The summed E-state index contributed by atoms with van der Waals surface area (Å²) in [6.45, 7) is 1.66. The molecule has 0 saturated heterocycles. The molecule has 7 nitrogen and oxygen atoms in total. The number of amides is 1. The smallest absolute Gasteiger partial charge is 0.254 e. The second-order valence-corrected chi connectivity index (χ2v) is 3.62. The maximum absolute atomic E-state index is 11.1. The Morgan fingerprint density at radius 2 is 2.12 bits per heavy atom. The fourth-order valence-corrected chi connectivity index (χ4v) is 1.58. The van der Waals surface area contributed by atoms with Crippen molar-refractivity contribution in [1.29, 1.82) is 0 Å². The Labute approximate surface area is 97.5 Å². The van der Waals surface area contributed by atoms with Crippen molar-refractivity contribution in [2.24, 2.45) is 12.8 Å². The summed E-state index contributed by atoms with van der Waals surface area (Å²) in [5.41, 5.74) is 11.5. The first-order chi connectivity index (χ1) is 8.00. The minimum absolute atomic E-state index is 0.0722. The highest BCUT2D eigenvalue weighted by molar-refractivity contribution is 5.98. The van der Waals surface area contributed by atoms with Gasteiger partial charge in [0.25, 0.3) is 5.91 Å². The third kappa shape index (κ3) is 1.82. The molecule has 0 aromatic carbocycles. The molecular weight excluding hydrogens is 220 g/mol. The highest BCUT2D eigenvalue weighted by atomic mass is 16.1. The molecule has 0 spiro atoms. The van der Waals surface area contributed by atoms with Crippen LogP contribution in [0.4, 0.5) is 5.82 Å². The molecule has 2 aromatic rings. The molecule has 88 valence electrons. The number of hydrogen-bond acceptors (Lipinski definition) is 5. The van der Waals surface area contributed by atoms with E-state index in [1.807, 2.05) is 7.05 Å². The summed E-state index contributed by atoms with van der Waals surface area (Å²) in [5, 5.41) is 0. The molecular formula is C10H12N6O. The van der Waals surface area contributed by atoms with Gasteiger partial charge in [0.15, 0.2) is 11.6 Å². The Hall–Kier alpha value is -2.44. The van der Waals surface area contributed by atoms with Gasteiger partial charge < -0.3 is 16.0 Å². The Kier molecular flexibility index (Phi) is 2.51. The van der Waals surface area contributed by atoms with Crippen LogP contribution in [0.5, 0.6) is 0 Å². The first kappa shape index (κ1) is 11.1. The van der Waals surface area contributed by atoms with Crippen molar-refractivity contribution < 1.29 is 4.79 Å². The van der Waals surface area contributed by atoms with E-state index in [0.717, 1.165) is 0 Å². The maximum atomic E-state index is 11.1. The van der Waals surface area contributed by atoms with Crippen molar-refractivity contribution in [3.63, 3.8) is 0 Å². The van der Waals surface area contributed by atoms with Crippen molar-refractivity contribution in [1.82, 2.24) is 19.5 Å². The number of anilines is 1. The molecule has 0 fully saturated rings. The van der Waals surface area contributed by atoms with Crippen molar-refractivity contribution >= 4 is 11.7 Å². The normalized spacial score (nSPS) is 10.5. The summed E-state index contributed by atoms with van der Waals surface area (Å²) in [4.78, 5) is 23.5. The van der Waals surface area contributed by atoms with Crippen molar-refractivity contribution in [3.8, 4) is 11.6 Å². The predicted molar refractivity (Wildman–Crippen MR) is 61.9 cm³/mol. The van der Waals surface area contributed by atoms with Crippen LogP contribution in [0.1, 0.15) is 16.1 Å². The Bertz CT molecular complexity index is 565. The van der Waals surface area contributed by atoms with Gasteiger partial charge in [0.2, 0.25) is 0 Å². The number of rotatable bonds is 2. The first-order valence-electron chi connectivity index (χ1n) is 4.92. The maximum Gasteiger partial charge on any atom is 0.254 e. The Balaban J connectivity index is 2.61. The summed E-state index contributed by atoms with van der Waals surface area (Å²) in [5.74, 6) is 0.391. The second-order valence-electron chi connectivity index (χ2n) is 3.62. The quantitative estimate of drug-likeness (QED) is 0.748. The van der Waals surface area contributed by atoms with Crippen LogP contribution in [0.3, 0.4) is 0 Å². The molecule has 0 unspecified atom stereocenters. The summed E-state index contributed by atoms with van der Waals surface area (Å²) < 4.78 is 1.76. The molecule has 0 radical (unpaired) electrons. The lowest BCUT2D eigenvalue weighted by Gasteiger charge is -2.07. The molecule has 17 heavy (non-hydrogen) atoms. The zero-order valence-electron chi connectivity index (χ0n) is 9.51. The van der Waals surface area contributed by atoms with E-state index in [4.69, 9.17) is 11.5 Å². The molecule has 2 heterocycles. The standard InChI is InChI=1S/C10H12N6O/c1-5-6(8(12)17)7(11)15-9(14-5)10-13-3-4-16(10)2/h3-4H,1-2H3,(H2,12,17)(H2,11,14,15). The van der Waals surface area contributed by atoms with Gasteiger partial charge in [0, 0.05) is 19.4 Å². The zero-order valence-corrected chi connectivity index (χ0v) is 9.51. The molecule has 7 heteroatoms. The zero-order chi connectivity index (χ0) is 12.6. The fraction of sp³-hybridized carbons (Fsp3) is 0.200. The number of hydrogen-bond donors (Lipinski definition) is 2. The molecule has 2 rings (SSSR count). The number of primary amides is 1. The van der Waals surface area contributed by atoms with Crippen LogP contribution in [0, 0.1) is 6.92 Å². The summed E-state index contributed by atoms with van der Waals surface area (Å²) in [6, 6.07) is 0. The lowest BCUT2D eigenvalue weighted by atomic mass is 10.2. The third-order valence-electron chi connectivity index (χ3n) is 2.39. The number of carbonyl (C=O) groups is 1. The van der Waals surface area contributed by atoms with Gasteiger partial charge in [-0.15, -0.1) is 0 Å². The van der Waals surface area contributed by atoms with Crippen LogP contribution in [0.25, 0.3) is 11.6 Å². The summed E-state index contributed by atoms with van der Waals surface area (Å²) in [6.07, 6.45) is 3.40. The molecule has 0 aliphatic heterocycles. The van der Waals surface area contributed by atoms with Gasteiger partial charge >= 0.3 is 0 Å². The van der Waals surface area contributed by atoms with Crippen molar-refractivity contribution in [2.45, 2.75) is 6.92 Å². The van der Waals surface area contributed by atoms with Crippen molar-refractivity contribution in [3.05, 3.63) is 23.7 Å². The SMILES string of the molecule is Cc1nc(-c2nccn2C)nc(N)c1C(N)=O. The number of carbonyl (C=O) groups excluding carboxylic acids is 1. The van der Waals surface area contributed by atoms with E-state index >= 15 is 0 Å². The predicted octanol–water partition coefficient (Wildman–Crippen LogP) is -0.133. The van der Waals surface area contributed by atoms with Crippen LogP contribution >= 0.6 is 0 Å². The first-order valence-corrected chi connectivity index (χ1v) is 4.92. The van der Waals surface area contributed by atoms with Crippen molar-refractivity contribution in [2.75, 3.05) is 5.73 Å². The molecule has 0 bridgehead atoms. The number of nitrogens with zero attached hydrogens (tertiary/aromatic N) is 4. The fourth-order valence-electron chi connectivity index (χ4n) is 1.58. The van der Waals surface area contributed by atoms with E-state index in [-0.39, 0.29) is 11.4 Å². The van der Waals surface area contributed by atoms with Gasteiger partial charge in [0.1, 0.15) is 11.4 Å². The summed E-state index contributed by atoms with van der Waals surface area (Å²) in [7, 11) is 1.82. The van der Waals surface area contributed by atoms with Crippen LogP contribution in [-0.4, -0.2) is 25.4 Å². The van der Waals surface area contributed by atoms with E-state index in [1.54, 1.807) is 23.9 Å². The third-order valence-corrected chi connectivity index (χ3v) is 2.39. The monoisotopic (exact) mass is 232 g/mol. The van der Waals surface area contributed by atoms with E-state index < -0.39 is 5.91 Å². The average Bonchev–Trinajstić information content (AvgIpc) is 2.62. The molecule has 0 aliphatic carbocycles. The molecule has 1 amide bonds. The number of imidazole rings is 1.